The second-order valence-electron chi connectivity index (χ2n) is 7.97. The van der Waals surface area contributed by atoms with Crippen LogP contribution in [0.4, 0.5) is 15.1 Å². The third-order valence-electron chi connectivity index (χ3n) is 5.53. The van der Waals surface area contributed by atoms with Crippen molar-refractivity contribution in [2.45, 2.75) is 52.0 Å². The van der Waals surface area contributed by atoms with Gasteiger partial charge in [0.05, 0.1) is 30.6 Å². The number of nitrogens with one attached hydrogen (secondary N) is 2. The molecular weight excluding hydrogens is 459 g/mol. The lowest BCUT2D eigenvalue weighted by atomic mass is 9.96. The number of thiophene rings is 1. The summed E-state index contributed by atoms with van der Waals surface area (Å²) in [6.45, 7) is 2.67. The first-order valence-corrected chi connectivity index (χ1v) is 12.4. The highest BCUT2D eigenvalue weighted by Gasteiger charge is 2.25. The Morgan fingerprint density at radius 3 is 2.70 bits per heavy atom. The van der Waals surface area contributed by atoms with Crippen molar-refractivity contribution in [1.29, 1.82) is 0 Å². The van der Waals surface area contributed by atoms with E-state index in [9.17, 15) is 9.18 Å². The molecule has 0 saturated heterocycles. The van der Waals surface area contributed by atoms with E-state index in [1.54, 1.807) is 34.3 Å². The van der Waals surface area contributed by atoms with E-state index in [1.807, 2.05) is 13.1 Å². The van der Waals surface area contributed by atoms with Crippen molar-refractivity contribution in [2.75, 3.05) is 17.2 Å². The lowest BCUT2D eigenvalue weighted by molar-refractivity contribution is 0.0526. The smallest absolute Gasteiger partial charge is 0.341 e. The summed E-state index contributed by atoms with van der Waals surface area (Å²) in [4.78, 5) is 14.0. The zero-order valence-electron chi connectivity index (χ0n) is 18.5. The van der Waals surface area contributed by atoms with E-state index in [1.165, 1.54) is 29.9 Å². The minimum atomic E-state index is -0.298. The highest BCUT2D eigenvalue weighted by atomic mass is 32.1. The number of ether oxygens (including phenoxy) is 1. The second kappa shape index (κ2) is 10.9. The summed E-state index contributed by atoms with van der Waals surface area (Å²) in [5.41, 5.74) is 3.40. The van der Waals surface area contributed by atoms with Gasteiger partial charge in [0.1, 0.15) is 10.8 Å². The van der Waals surface area contributed by atoms with E-state index in [-0.39, 0.29) is 11.8 Å². The number of thiocarbonyl (C=S) groups is 1. The van der Waals surface area contributed by atoms with Crippen LogP contribution >= 0.6 is 23.6 Å². The molecule has 0 fully saturated rings. The highest BCUT2D eigenvalue weighted by molar-refractivity contribution is 7.80. The molecule has 1 aliphatic carbocycles. The van der Waals surface area contributed by atoms with Crippen LogP contribution in [0, 0.1) is 5.82 Å². The normalized spacial score (nSPS) is 13.5. The fourth-order valence-electron chi connectivity index (χ4n) is 3.98. The number of carbonyl (C=O) groups excluding carboxylic acids is 1. The van der Waals surface area contributed by atoms with E-state index in [0.717, 1.165) is 47.5 Å². The average molecular weight is 487 g/mol. The first kappa shape index (κ1) is 23.4. The van der Waals surface area contributed by atoms with Crippen LogP contribution in [-0.2, 0) is 24.1 Å². The number of benzene rings is 1. The number of hydrogen-bond acceptors (Lipinski definition) is 5. The Balaban J connectivity index is 1.47. The van der Waals surface area contributed by atoms with Crippen molar-refractivity contribution in [3.63, 3.8) is 0 Å². The lowest BCUT2D eigenvalue weighted by Crippen LogP contribution is -2.20. The van der Waals surface area contributed by atoms with Gasteiger partial charge in [-0.25, -0.2) is 9.18 Å². The molecule has 0 amide bonds. The molecule has 0 aliphatic heterocycles. The minimum Gasteiger partial charge on any atom is -0.462 e. The van der Waals surface area contributed by atoms with Crippen molar-refractivity contribution in [3.8, 4) is 0 Å². The molecule has 1 aromatic carbocycles. The molecule has 0 saturated carbocycles. The lowest BCUT2D eigenvalue weighted by Gasteiger charge is -2.12. The van der Waals surface area contributed by atoms with E-state index in [0.29, 0.717) is 23.8 Å². The molecule has 174 valence electrons. The summed E-state index contributed by atoms with van der Waals surface area (Å²) >= 11 is 7.12. The number of nitrogens with zero attached hydrogens (tertiary/aromatic N) is 2. The van der Waals surface area contributed by atoms with Gasteiger partial charge in [0.15, 0.2) is 5.11 Å². The van der Waals surface area contributed by atoms with Gasteiger partial charge in [0.25, 0.3) is 0 Å². The largest absolute Gasteiger partial charge is 0.462 e. The maximum absolute atomic E-state index is 13.1. The summed E-state index contributed by atoms with van der Waals surface area (Å²) in [6.07, 6.45) is 9.98. The monoisotopic (exact) mass is 486 g/mol. The molecule has 3 aromatic rings. The molecule has 0 radical (unpaired) electrons. The average Bonchev–Trinajstić information content (AvgIpc) is 3.33. The Morgan fingerprint density at radius 2 is 1.94 bits per heavy atom. The molecular formula is C24H27FN4O2S2. The van der Waals surface area contributed by atoms with Crippen LogP contribution in [0.25, 0.3) is 0 Å². The summed E-state index contributed by atoms with van der Waals surface area (Å²) in [5.74, 6) is -0.560. The molecule has 0 atom stereocenters. The number of carbonyl (C=O) groups is 1. The summed E-state index contributed by atoms with van der Waals surface area (Å²) < 4.78 is 20.2. The highest BCUT2D eigenvalue weighted by Crippen LogP contribution is 2.37. The van der Waals surface area contributed by atoms with Gasteiger partial charge in [-0.15, -0.1) is 11.3 Å². The second-order valence-corrected chi connectivity index (χ2v) is 9.49. The number of hydrogen-bond donors (Lipinski definition) is 2. The van der Waals surface area contributed by atoms with Gasteiger partial charge in [-0.3, -0.25) is 4.68 Å². The summed E-state index contributed by atoms with van der Waals surface area (Å²) in [5, 5.41) is 11.8. The first-order valence-electron chi connectivity index (χ1n) is 11.2. The summed E-state index contributed by atoms with van der Waals surface area (Å²) in [7, 11) is 0. The van der Waals surface area contributed by atoms with E-state index in [2.05, 4.69) is 15.7 Å². The Morgan fingerprint density at radius 1 is 1.18 bits per heavy atom. The van der Waals surface area contributed by atoms with Crippen LogP contribution in [0.3, 0.4) is 0 Å². The van der Waals surface area contributed by atoms with Crippen LogP contribution in [0.1, 0.15) is 59.0 Å². The number of aromatic nitrogens is 2. The number of aryl methyl sites for hydroxylation is 1. The van der Waals surface area contributed by atoms with E-state index in [4.69, 9.17) is 17.0 Å². The van der Waals surface area contributed by atoms with Crippen molar-refractivity contribution in [2.24, 2.45) is 0 Å². The van der Waals surface area contributed by atoms with Crippen molar-refractivity contribution in [1.82, 2.24) is 9.78 Å². The number of anilines is 2. The predicted octanol–water partition coefficient (Wildman–Crippen LogP) is 5.78. The van der Waals surface area contributed by atoms with Crippen LogP contribution in [-0.4, -0.2) is 27.5 Å². The van der Waals surface area contributed by atoms with Crippen molar-refractivity contribution < 1.29 is 13.9 Å². The van der Waals surface area contributed by atoms with Crippen molar-refractivity contribution in [3.05, 3.63) is 64.0 Å². The fraction of sp³-hybridized carbons (Fsp3) is 0.375. The maximum Gasteiger partial charge on any atom is 0.341 e. The third-order valence-corrected chi connectivity index (χ3v) is 6.94. The van der Waals surface area contributed by atoms with Crippen LogP contribution in [0.5, 0.6) is 0 Å². The zero-order chi connectivity index (χ0) is 23.2. The molecule has 2 N–H and O–H groups in total. The van der Waals surface area contributed by atoms with Crippen LogP contribution in [0.2, 0.25) is 0 Å². The topological polar surface area (TPSA) is 68.2 Å². The molecule has 2 aromatic heterocycles. The van der Waals surface area contributed by atoms with Gasteiger partial charge in [0, 0.05) is 11.1 Å². The van der Waals surface area contributed by atoms with Gasteiger partial charge < -0.3 is 15.4 Å². The maximum atomic E-state index is 13.1. The van der Waals surface area contributed by atoms with Gasteiger partial charge in [-0.05, 0) is 68.1 Å². The number of fused-ring (bicyclic) bond motifs is 1. The molecule has 4 rings (SSSR count). The zero-order valence-corrected chi connectivity index (χ0v) is 20.2. The molecule has 0 bridgehead atoms. The molecule has 33 heavy (non-hydrogen) atoms. The molecule has 9 heteroatoms. The predicted molar refractivity (Wildman–Crippen MR) is 134 cm³/mol. The number of halogens is 1. The van der Waals surface area contributed by atoms with Crippen molar-refractivity contribution >= 4 is 45.3 Å². The van der Waals surface area contributed by atoms with Crippen LogP contribution in [0.15, 0.2) is 36.7 Å². The molecule has 0 spiro atoms. The number of esters is 1. The fourth-order valence-corrected chi connectivity index (χ4v) is 5.55. The Kier molecular flexibility index (Phi) is 7.72. The van der Waals surface area contributed by atoms with E-state index >= 15 is 0 Å². The number of rotatable bonds is 6. The van der Waals surface area contributed by atoms with Gasteiger partial charge in [0.2, 0.25) is 0 Å². The summed E-state index contributed by atoms with van der Waals surface area (Å²) in [6, 6.07) is 6.33. The molecule has 6 nitrogen and oxygen atoms in total. The van der Waals surface area contributed by atoms with Gasteiger partial charge >= 0.3 is 5.97 Å². The van der Waals surface area contributed by atoms with Crippen LogP contribution < -0.4 is 10.6 Å². The molecule has 0 unspecified atom stereocenters. The Bertz CT molecular complexity index is 1120. The SMILES string of the molecule is CCOC(=O)c1c(NC(=S)Nc2cnn(Cc3ccc(F)cc3)c2)sc2c1CCCCCC2. The standard InChI is InChI=1S/C24H27FN4O2S2/c1-2-31-23(30)21-19-7-5-3-4-6-8-20(19)33-22(21)28-24(32)27-18-13-26-29(15-18)14-16-9-11-17(25)12-10-16/h9-13,15H,2-8,14H2,1H3,(H2,27,28,32). The van der Waals surface area contributed by atoms with Gasteiger partial charge in [-0.2, -0.15) is 5.10 Å². The Labute approximate surface area is 202 Å². The quantitative estimate of drug-likeness (QED) is 0.340. The third kappa shape index (κ3) is 5.97. The van der Waals surface area contributed by atoms with E-state index < -0.39 is 0 Å². The molecule has 1 aliphatic rings. The Hall–Kier alpha value is -2.78. The minimum absolute atomic E-state index is 0.262. The molecule has 2 heterocycles. The van der Waals surface area contributed by atoms with Gasteiger partial charge in [-0.1, -0.05) is 25.0 Å². The first-order chi connectivity index (χ1) is 16.0.